The third-order valence-electron chi connectivity index (χ3n) is 4.64. The van der Waals surface area contributed by atoms with Crippen LogP contribution in [-0.2, 0) is 10.2 Å². The lowest BCUT2D eigenvalue weighted by molar-refractivity contribution is 0.291. The highest BCUT2D eigenvalue weighted by molar-refractivity contribution is 7.86. The van der Waals surface area contributed by atoms with Crippen LogP contribution in [0.1, 0.15) is 0 Å². The van der Waals surface area contributed by atoms with Crippen LogP contribution in [0.5, 0.6) is 5.75 Å². The Kier molecular flexibility index (Phi) is 5.31. The summed E-state index contributed by atoms with van der Waals surface area (Å²) in [6, 6.07) is 6.68. The van der Waals surface area contributed by atoms with Crippen molar-refractivity contribution in [3.63, 3.8) is 0 Å². The van der Waals surface area contributed by atoms with Gasteiger partial charge in [-0.1, -0.05) is 0 Å². The van der Waals surface area contributed by atoms with Crippen LogP contribution in [0.25, 0.3) is 11.3 Å². The molecule has 1 aromatic heterocycles. The molecule has 0 amide bonds. The van der Waals surface area contributed by atoms with Crippen molar-refractivity contribution in [3.8, 4) is 17.0 Å². The zero-order valence-electron chi connectivity index (χ0n) is 15.6. The van der Waals surface area contributed by atoms with Crippen LogP contribution >= 0.6 is 0 Å². The highest BCUT2D eigenvalue weighted by Gasteiger charge is 2.38. The van der Waals surface area contributed by atoms with Crippen LogP contribution in [0.3, 0.4) is 0 Å². The summed E-state index contributed by atoms with van der Waals surface area (Å²) in [5, 5.41) is 0. The minimum Gasteiger partial charge on any atom is -0.497 e. The molecule has 3 rings (SSSR count). The molecule has 0 spiro atoms. The number of rotatable bonds is 6. The van der Waals surface area contributed by atoms with Crippen molar-refractivity contribution >= 4 is 16.0 Å². The van der Waals surface area contributed by atoms with Gasteiger partial charge in [0.15, 0.2) is 11.6 Å². The van der Waals surface area contributed by atoms with E-state index in [0.717, 1.165) is 4.31 Å². The summed E-state index contributed by atoms with van der Waals surface area (Å²) < 4.78 is 46.9. The highest BCUT2D eigenvalue weighted by Crippen LogP contribution is 2.30. The Balaban J connectivity index is 1.78. The number of nitrogens with zero attached hydrogens (tertiary/aromatic N) is 5. The first-order valence-electron chi connectivity index (χ1n) is 8.31. The second-order valence-electron chi connectivity index (χ2n) is 6.45. The summed E-state index contributed by atoms with van der Waals surface area (Å²) in [5.74, 6) is 0.311. The number of anilines is 1. The molecule has 146 valence electrons. The molecule has 1 aliphatic rings. The number of methoxy groups -OCH3 is 1. The maximum absolute atomic E-state index is 15.0. The molecule has 1 aromatic carbocycles. The third-order valence-corrected chi connectivity index (χ3v) is 6.58. The molecule has 0 N–H and O–H groups in total. The second-order valence-corrected chi connectivity index (χ2v) is 8.66. The highest BCUT2D eigenvalue weighted by atomic mass is 32.2. The van der Waals surface area contributed by atoms with Gasteiger partial charge in [0, 0.05) is 39.8 Å². The van der Waals surface area contributed by atoms with Crippen LogP contribution in [-0.4, -0.2) is 74.4 Å². The fraction of sp³-hybridized carbons (Fsp3) is 0.412. The van der Waals surface area contributed by atoms with E-state index in [1.165, 1.54) is 31.8 Å². The summed E-state index contributed by atoms with van der Waals surface area (Å²) in [5.41, 5.74) is 0.807. The van der Waals surface area contributed by atoms with E-state index < -0.39 is 16.0 Å². The van der Waals surface area contributed by atoms with E-state index in [4.69, 9.17) is 4.74 Å². The predicted octanol–water partition coefficient (Wildman–Crippen LogP) is 1.22. The lowest BCUT2D eigenvalue weighted by Crippen LogP contribution is -2.61. The first-order valence-corrected chi connectivity index (χ1v) is 9.70. The van der Waals surface area contributed by atoms with Crippen LogP contribution in [0.4, 0.5) is 10.2 Å². The van der Waals surface area contributed by atoms with E-state index in [0.29, 0.717) is 24.4 Å². The van der Waals surface area contributed by atoms with Crippen molar-refractivity contribution in [2.75, 3.05) is 46.2 Å². The SMILES string of the molecule is COc1ccc(-c2ncnc(N3CC(N(C)S(=O)(=O)N(C)C)C3)c2F)cc1. The Morgan fingerprint density at radius 2 is 1.78 bits per heavy atom. The van der Waals surface area contributed by atoms with E-state index in [2.05, 4.69) is 9.97 Å². The predicted molar refractivity (Wildman–Crippen MR) is 100 cm³/mol. The average molecular weight is 395 g/mol. The third kappa shape index (κ3) is 3.60. The quantitative estimate of drug-likeness (QED) is 0.732. The van der Waals surface area contributed by atoms with Crippen LogP contribution < -0.4 is 9.64 Å². The van der Waals surface area contributed by atoms with Gasteiger partial charge < -0.3 is 9.64 Å². The van der Waals surface area contributed by atoms with E-state index in [1.807, 2.05) is 0 Å². The second kappa shape index (κ2) is 7.37. The van der Waals surface area contributed by atoms with E-state index >= 15 is 0 Å². The Labute approximate surface area is 158 Å². The van der Waals surface area contributed by atoms with E-state index in [9.17, 15) is 12.8 Å². The molecule has 0 saturated carbocycles. The van der Waals surface area contributed by atoms with Crippen molar-refractivity contribution in [2.24, 2.45) is 0 Å². The largest absolute Gasteiger partial charge is 0.497 e. The zero-order valence-corrected chi connectivity index (χ0v) is 16.4. The topological polar surface area (TPSA) is 78.9 Å². The summed E-state index contributed by atoms with van der Waals surface area (Å²) in [6.45, 7) is 0.721. The van der Waals surface area contributed by atoms with Gasteiger partial charge >= 0.3 is 0 Å². The van der Waals surface area contributed by atoms with Crippen molar-refractivity contribution in [1.29, 1.82) is 0 Å². The van der Waals surface area contributed by atoms with Crippen LogP contribution in [0.15, 0.2) is 30.6 Å². The fourth-order valence-electron chi connectivity index (χ4n) is 2.84. The van der Waals surface area contributed by atoms with E-state index in [-0.39, 0.29) is 17.6 Å². The number of benzene rings is 1. The lowest BCUT2D eigenvalue weighted by atomic mass is 10.1. The number of ether oxygens (including phenoxy) is 1. The van der Waals surface area contributed by atoms with Gasteiger partial charge in [-0.3, -0.25) is 0 Å². The molecule has 0 unspecified atom stereocenters. The maximum atomic E-state index is 15.0. The Morgan fingerprint density at radius 3 is 2.33 bits per heavy atom. The van der Waals surface area contributed by atoms with Gasteiger partial charge in [-0.25, -0.2) is 14.4 Å². The monoisotopic (exact) mass is 395 g/mol. The smallest absolute Gasteiger partial charge is 0.281 e. The first-order chi connectivity index (χ1) is 12.8. The van der Waals surface area contributed by atoms with Crippen LogP contribution in [0, 0.1) is 5.82 Å². The normalized spacial score (nSPS) is 15.3. The molecule has 0 atom stereocenters. The molecular weight excluding hydrogens is 373 g/mol. The molecule has 8 nitrogen and oxygen atoms in total. The summed E-state index contributed by atoms with van der Waals surface area (Å²) in [4.78, 5) is 9.81. The van der Waals surface area contributed by atoms with Crippen molar-refractivity contribution in [2.45, 2.75) is 6.04 Å². The molecule has 0 radical (unpaired) electrons. The number of hydrogen-bond donors (Lipinski definition) is 0. The average Bonchev–Trinajstić information content (AvgIpc) is 2.61. The molecule has 1 fully saturated rings. The van der Waals surface area contributed by atoms with Crippen molar-refractivity contribution < 1.29 is 17.5 Å². The molecule has 10 heteroatoms. The van der Waals surface area contributed by atoms with Crippen LogP contribution in [0.2, 0.25) is 0 Å². The van der Waals surface area contributed by atoms with Gasteiger partial charge in [0.25, 0.3) is 10.2 Å². The van der Waals surface area contributed by atoms with Crippen molar-refractivity contribution in [1.82, 2.24) is 18.6 Å². The Hall–Kier alpha value is -2.30. The molecule has 1 aliphatic heterocycles. The number of aromatic nitrogens is 2. The van der Waals surface area contributed by atoms with Gasteiger partial charge in [-0.05, 0) is 24.3 Å². The maximum Gasteiger partial charge on any atom is 0.281 e. The molecule has 2 aromatic rings. The molecule has 1 saturated heterocycles. The molecule has 27 heavy (non-hydrogen) atoms. The van der Waals surface area contributed by atoms with Gasteiger partial charge in [-0.15, -0.1) is 0 Å². The molecular formula is C17H22FN5O3S. The minimum atomic E-state index is -3.51. The number of hydrogen-bond acceptors (Lipinski definition) is 6. The van der Waals surface area contributed by atoms with Gasteiger partial charge in [0.1, 0.15) is 17.8 Å². The van der Waals surface area contributed by atoms with Gasteiger partial charge in [0.05, 0.1) is 13.2 Å². The molecule has 0 aliphatic carbocycles. The Morgan fingerprint density at radius 1 is 1.15 bits per heavy atom. The standard InChI is InChI=1S/C17H22FN5O3S/c1-21(2)27(24,25)22(3)13-9-23(10-13)17-15(18)16(19-11-20-17)12-5-7-14(26-4)8-6-12/h5-8,11,13H,9-10H2,1-4H3. The van der Waals surface area contributed by atoms with Gasteiger partial charge in [-0.2, -0.15) is 17.0 Å². The fourth-order valence-corrected chi connectivity index (χ4v) is 3.86. The van der Waals surface area contributed by atoms with E-state index in [1.54, 1.807) is 36.3 Å². The Bertz CT molecular complexity index is 915. The summed E-state index contributed by atoms with van der Waals surface area (Å²) >= 11 is 0. The first kappa shape index (κ1) is 19.5. The molecule has 0 bridgehead atoms. The number of likely N-dealkylation sites (N-methyl/N-ethyl adjacent to an activating group) is 1. The summed E-state index contributed by atoms with van der Waals surface area (Å²) in [6.07, 6.45) is 1.31. The van der Waals surface area contributed by atoms with Gasteiger partial charge in [0.2, 0.25) is 0 Å². The summed E-state index contributed by atoms with van der Waals surface area (Å²) in [7, 11) is 2.54. The zero-order chi connectivity index (χ0) is 19.8. The lowest BCUT2D eigenvalue weighted by Gasteiger charge is -2.44. The number of halogens is 1. The van der Waals surface area contributed by atoms with Crippen molar-refractivity contribution in [3.05, 3.63) is 36.4 Å². The minimum absolute atomic E-state index is 0.169. The molecule has 2 heterocycles.